The van der Waals surface area contributed by atoms with Crippen LogP contribution >= 0.6 is 0 Å². The summed E-state index contributed by atoms with van der Waals surface area (Å²) >= 11 is 0. The maximum Gasteiger partial charge on any atom is 2.00 e. The van der Waals surface area contributed by atoms with Gasteiger partial charge in [0.1, 0.15) is 0 Å². The Hall–Kier alpha value is -3.26. The van der Waals surface area contributed by atoms with E-state index in [-0.39, 0.29) is 117 Å². The van der Waals surface area contributed by atoms with Crippen molar-refractivity contribution in [3.8, 4) is 12.8 Å². The minimum Gasteiger partial charge on any atom is -0.545 e. The van der Waals surface area contributed by atoms with Crippen molar-refractivity contribution in [2.75, 3.05) is 0 Å². The van der Waals surface area contributed by atoms with Crippen LogP contribution in [0.4, 0.5) is 0 Å². The Labute approximate surface area is 323 Å². The molecule has 0 saturated heterocycles. The first-order valence-electron chi connectivity index (χ1n) is 11.7. The molecule has 0 heterocycles. The van der Waals surface area contributed by atoms with Gasteiger partial charge in [-0.3, -0.25) is 0 Å². The number of rotatable bonds is 8. The fraction of sp³-hybridized carbons (Fsp3) is 0. The summed E-state index contributed by atoms with van der Waals surface area (Å²) in [7, 11) is -7.70. The summed E-state index contributed by atoms with van der Waals surface area (Å²) < 4.78 is 49.1. The first-order chi connectivity index (χ1) is 20.6. The number of hydrogen-bond acceptors (Lipinski definition) is 12. The zero-order valence-electron chi connectivity index (χ0n) is 23.5. The summed E-state index contributed by atoms with van der Waals surface area (Å²) in [5, 5.41) is 42.4. The molecule has 4 rings (SSSR count). The molecule has 0 fully saturated rings. The van der Waals surface area contributed by atoms with E-state index in [1.54, 1.807) is 0 Å². The Morgan fingerprint density at radius 2 is 0.500 bits per heavy atom. The van der Waals surface area contributed by atoms with Crippen LogP contribution in [0.1, 0.15) is 41.4 Å². The van der Waals surface area contributed by atoms with Crippen LogP contribution in [-0.2, 0) is 19.7 Å². The van der Waals surface area contributed by atoms with Gasteiger partial charge in [0.25, 0.3) is 0 Å². The van der Waals surface area contributed by atoms with E-state index in [1.165, 1.54) is 0 Å². The third-order valence-corrected chi connectivity index (χ3v) is 9.17. The molecule has 0 saturated carbocycles. The molecule has 0 unspecified atom stereocenters. The van der Waals surface area contributed by atoms with Gasteiger partial charge in [0.05, 0.1) is 43.5 Å². The second-order valence-corrected chi connectivity index (χ2v) is 12.2. The molecule has 0 bridgehead atoms. The summed E-state index contributed by atoms with van der Waals surface area (Å²) in [6, 6.07) is 18.1. The smallest absolute Gasteiger partial charge is 0.545 e. The molecule has 12 nitrogen and oxygen atoms in total. The molecular formula is C30H18Ca2O12S2. The molecule has 0 aromatic heterocycles. The van der Waals surface area contributed by atoms with Crippen molar-refractivity contribution >= 4 is 119 Å². The zero-order chi connectivity index (χ0) is 33.2. The summed E-state index contributed by atoms with van der Waals surface area (Å²) in [6.07, 6.45) is 8.00. The van der Waals surface area contributed by atoms with Gasteiger partial charge in [-0.15, -0.1) is 12.8 Å². The summed E-state index contributed by atoms with van der Waals surface area (Å²) in [5.41, 5.74) is -0.551. The van der Waals surface area contributed by atoms with Crippen molar-refractivity contribution in [2.45, 2.75) is 19.6 Å². The minimum atomic E-state index is -3.85. The monoisotopic (exact) mass is 714 g/mol. The Morgan fingerprint density at radius 1 is 0.370 bits per heavy atom. The van der Waals surface area contributed by atoms with E-state index in [2.05, 4.69) is 12.8 Å². The molecular weight excluding hydrogens is 697 g/mol. The predicted octanol–water partition coefficient (Wildman–Crippen LogP) is -2.02. The van der Waals surface area contributed by atoms with Gasteiger partial charge in [-0.2, -0.15) is 0 Å². The average molecular weight is 715 g/mol. The van der Waals surface area contributed by atoms with Gasteiger partial charge in [0.2, 0.25) is 19.7 Å². The van der Waals surface area contributed by atoms with Crippen LogP contribution in [0.5, 0.6) is 0 Å². The van der Waals surface area contributed by atoms with E-state index in [0.717, 1.165) is 97.1 Å². The zero-order valence-corrected chi connectivity index (χ0v) is 29.6. The van der Waals surface area contributed by atoms with Gasteiger partial charge in [-0.05, 0) is 70.8 Å². The van der Waals surface area contributed by atoms with E-state index in [4.69, 9.17) is 0 Å². The molecule has 0 amide bonds. The van der Waals surface area contributed by atoms with Crippen molar-refractivity contribution in [1.82, 2.24) is 0 Å². The molecule has 0 spiro atoms. The summed E-state index contributed by atoms with van der Waals surface area (Å²) in [6.45, 7) is 0. The number of benzene rings is 4. The topological polar surface area (TPSA) is 229 Å². The standard InChI is InChI=1S/2C14H10O6S.C2H2.2Ca/c2*15-13(16)9-1-5-11(6-2-9)21(19,20)12-7-3-10(4-8-12)14(17)18;1-2;;/h2*1-8H,(H,15,16)(H,17,18);1-2H;;/q;;;2*+2/p-4. The molecule has 0 radical (unpaired) electrons. The van der Waals surface area contributed by atoms with Crippen LogP contribution in [0.3, 0.4) is 0 Å². The van der Waals surface area contributed by atoms with Gasteiger partial charge in [0.15, 0.2) is 0 Å². The van der Waals surface area contributed by atoms with Gasteiger partial charge >= 0.3 is 75.5 Å². The molecule has 0 N–H and O–H groups in total. The molecule has 0 aliphatic heterocycles. The number of carboxylic acid groups (broad SMARTS) is 4. The van der Waals surface area contributed by atoms with Crippen LogP contribution < -0.4 is 20.4 Å². The van der Waals surface area contributed by atoms with E-state index < -0.39 is 43.6 Å². The van der Waals surface area contributed by atoms with Gasteiger partial charge in [-0.25, -0.2) is 16.8 Å². The van der Waals surface area contributed by atoms with Crippen LogP contribution in [0.15, 0.2) is 117 Å². The second kappa shape index (κ2) is 18.8. The van der Waals surface area contributed by atoms with E-state index >= 15 is 0 Å². The van der Waals surface area contributed by atoms with Gasteiger partial charge in [-0.1, -0.05) is 48.5 Å². The first kappa shape index (κ1) is 42.7. The number of carbonyl (C=O) groups excluding carboxylic acids is 4. The number of hydrogen-bond donors (Lipinski definition) is 0. The minimum absolute atomic E-state index is 0. The van der Waals surface area contributed by atoms with E-state index in [9.17, 15) is 56.4 Å². The quantitative estimate of drug-likeness (QED) is 0.142. The van der Waals surface area contributed by atoms with Crippen LogP contribution in [0.2, 0.25) is 0 Å². The Balaban J connectivity index is 0.000000802. The first-order valence-corrected chi connectivity index (χ1v) is 14.7. The molecule has 226 valence electrons. The van der Waals surface area contributed by atoms with Crippen molar-refractivity contribution in [1.29, 1.82) is 0 Å². The Morgan fingerprint density at radius 3 is 0.609 bits per heavy atom. The molecule has 0 aliphatic carbocycles. The van der Waals surface area contributed by atoms with Crippen molar-refractivity contribution in [2.24, 2.45) is 0 Å². The summed E-state index contributed by atoms with van der Waals surface area (Å²) in [4.78, 5) is 42.0. The van der Waals surface area contributed by atoms with Crippen molar-refractivity contribution < 1.29 is 56.4 Å². The predicted molar refractivity (Wildman–Crippen MR) is 155 cm³/mol. The third-order valence-electron chi connectivity index (χ3n) is 5.60. The van der Waals surface area contributed by atoms with Gasteiger partial charge < -0.3 is 39.6 Å². The van der Waals surface area contributed by atoms with Crippen molar-refractivity contribution in [3.05, 3.63) is 119 Å². The number of terminal acetylenes is 1. The Kier molecular flexibility index (Phi) is 17.4. The van der Waals surface area contributed by atoms with E-state index in [0.29, 0.717) is 0 Å². The van der Waals surface area contributed by atoms with Crippen molar-refractivity contribution in [3.63, 3.8) is 0 Å². The van der Waals surface area contributed by atoms with Crippen LogP contribution in [0.25, 0.3) is 0 Å². The molecule has 4 aromatic carbocycles. The van der Waals surface area contributed by atoms with Gasteiger partial charge in [0, 0.05) is 0 Å². The number of aromatic carboxylic acids is 4. The van der Waals surface area contributed by atoms with Crippen LogP contribution in [0, 0.1) is 12.8 Å². The third kappa shape index (κ3) is 10.9. The molecule has 46 heavy (non-hydrogen) atoms. The fourth-order valence-electron chi connectivity index (χ4n) is 3.35. The number of sulfone groups is 2. The maximum atomic E-state index is 12.3. The molecule has 0 aliphatic rings. The number of carbonyl (C=O) groups is 4. The Bertz CT molecular complexity index is 1650. The SMILES string of the molecule is C#C.O=C([O-])c1ccc(S(=O)(=O)c2ccc(C(=O)[O-])cc2)cc1.O=C([O-])c1ccc(S(=O)(=O)c2ccc(C(=O)[O-])cc2)cc1.[Ca+2].[Ca+2]. The van der Waals surface area contributed by atoms with E-state index in [1.807, 2.05) is 0 Å². The maximum absolute atomic E-state index is 12.3. The number of carboxylic acids is 4. The summed E-state index contributed by atoms with van der Waals surface area (Å²) in [5.74, 6) is -5.62. The second-order valence-electron chi connectivity index (χ2n) is 8.25. The average Bonchev–Trinajstić information content (AvgIpc) is 3.02. The fourth-order valence-corrected chi connectivity index (χ4v) is 5.87. The molecule has 0 atom stereocenters. The molecule has 16 heteroatoms. The molecule has 4 aromatic rings. The van der Waals surface area contributed by atoms with Crippen LogP contribution in [-0.4, -0.2) is 116 Å². The normalized spacial score (nSPS) is 10.1. The largest absolute Gasteiger partial charge is 2.00 e.